The summed E-state index contributed by atoms with van der Waals surface area (Å²) in [6, 6.07) is 6.48. The highest BCUT2D eigenvalue weighted by atomic mass is 35.5. The highest BCUT2D eigenvalue weighted by molar-refractivity contribution is 7.92. The molecule has 0 unspecified atom stereocenters. The molecule has 0 aliphatic rings. The zero-order valence-corrected chi connectivity index (χ0v) is 25.1. The maximum absolute atomic E-state index is 13.7. The van der Waals surface area contributed by atoms with Crippen molar-refractivity contribution in [1.82, 2.24) is 10.2 Å². The van der Waals surface area contributed by atoms with Crippen molar-refractivity contribution in [2.24, 2.45) is 0 Å². The number of amides is 2. The number of nitrogens with one attached hydrogen (secondary N) is 1. The molecule has 1 N–H and O–H groups in total. The number of hydrogen-bond donors (Lipinski definition) is 1. The van der Waals surface area contributed by atoms with Gasteiger partial charge in [0.25, 0.3) is 0 Å². The average molecular weight is 632 g/mol. The van der Waals surface area contributed by atoms with Crippen LogP contribution in [0.25, 0.3) is 0 Å². The van der Waals surface area contributed by atoms with E-state index in [0.29, 0.717) is 22.2 Å². The Balaban J connectivity index is 2.51. The Morgan fingerprint density at radius 2 is 1.59 bits per heavy atom. The van der Waals surface area contributed by atoms with E-state index in [0.717, 1.165) is 23.4 Å². The maximum atomic E-state index is 13.7. The van der Waals surface area contributed by atoms with Crippen molar-refractivity contribution in [3.63, 3.8) is 0 Å². The molecule has 0 bridgehead atoms. The fraction of sp³-hybridized carbons (Fsp3) is 0.417. The van der Waals surface area contributed by atoms with E-state index in [2.05, 4.69) is 5.32 Å². The summed E-state index contributed by atoms with van der Waals surface area (Å²) >= 11 is 30.8. The largest absolute Gasteiger partial charge is 0.354 e. The van der Waals surface area contributed by atoms with Crippen molar-refractivity contribution in [3.05, 3.63) is 61.0 Å². The molecular weight excluding hydrogens is 604 g/mol. The van der Waals surface area contributed by atoms with Crippen molar-refractivity contribution >= 4 is 85.5 Å². The van der Waals surface area contributed by atoms with Gasteiger partial charge in [-0.1, -0.05) is 84.3 Å². The third-order valence-electron chi connectivity index (χ3n) is 5.51. The minimum absolute atomic E-state index is 0.00993. The lowest BCUT2D eigenvalue weighted by Gasteiger charge is -2.33. The van der Waals surface area contributed by atoms with Crippen LogP contribution in [0.1, 0.15) is 38.7 Å². The van der Waals surface area contributed by atoms with E-state index in [9.17, 15) is 18.0 Å². The Hall–Kier alpha value is -1.42. The molecular formula is C24H28Cl5N3O4S. The van der Waals surface area contributed by atoms with Gasteiger partial charge in [-0.15, -0.1) is 0 Å². The first kappa shape index (κ1) is 31.8. The third-order valence-corrected chi connectivity index (χ3v) is 8.25. The molecule has 204 valence electrons. The SMILES string of the molecule is CCCCNC(=O)[C@@H](CC)N(Cc1ccc(Cl)cc1Cl)C(=O)CN(c1cc(Cl)c(Cl)cc1Cl)S(C)(=O)=O. The van der Waals surface area contributed by atoms with Crippen molar-refractivity contribution in [1.29, 1.82) is 0 Å². The van der Waals surface area contributed by atoms with E-state index >= 15 is 0 Å². The van der Waals surface area contributed by atoms with Gasteiger partial charge in [0.1, 0.15) is 12.6 Å². The molecule has 2 aromatic rings. The summed E-state index contributed by atoms with van der Waals surface area (Å²) < 4.78 is 26.3. The first-order chi connectivity index (χ1) is 17.3. The number of nitrogens with zero attached hydrogens (tertiary/aromatic N) is 2. The molecule has 2 amide bonds. The molecule has 2 aromatic carbocycles. The standard InChI is InChI=1S/C24H28Cl5N3O4S/c1-4-6-9-30-24(34)21(5-2)31(13-15-7-8-16(25)10-17(15)26)23(33)14-32(37(3,35)36)22-12-19(28)18(27)11-20(22)29/h7-8,10-12,21H,4-6,9,13-14H2,1-3H3,(H,30,34)/t21-/m1/s1. The molecule has 0 saturated heterocycles. The fourth-order valence-corrected chi connectivity index (χ4v) is 5.57. The van der Waals surface area contributed by atoms with Crippen LogP contribution in [0.2, 0.25) is 25.1 Å². The number of benzene rings is 2. The Morgan fingerprint density at radius 3 is 2.16 bits per heavy atom. The number of hydrogen-bond acceptors (Lipinski definition) is 4. The third kappa shape index (κ3) is 8.80. The first-order valence-electron chi connectivity index (χ1n) is 11.4. The van der Waals surface area contributed by atoms with Crippen LogP contribution in [0.5, 0.6) is 0 Å². The predicted molar refractivity (Wildman–Crippen MR) is 153 cm³/mol. The number of carbonyl (C=O) groups is 2. The van der Waals surface area contributed by atoms with Crippen molar-refractivity contribution in [3.8, 4) is 0 Å². The molecule has 0 heterocycles. The Bertz CT molecular complexity index is 1240. The molecule has 0 aliphatic carbocycles. The van der Waals surface area contributed by atoms with E-state index in [-0.39, 0.29) is 39.6 Å². The van der Waals surface area contributed by atoms with Gasteiger partial charge in [-0.3, -0.25) is 13.9 Å². The second-order valence-electron chi connectivity index (χ2n) is 8.31. The number of unbranched alkanes of at least 4 members (excludes halogenated alkanes) is 1. The summed E-state index contributed by atoms with van der Waals surface area (Å²) in [6.07, 6.45) is 2.88. The van der Waals surface area contributed by atoms with Crippen LogP contribution >= 0.6 is 58.0 Å². The quantitative estimate of drug-likeness (QED) is 0.216. The van der Waals surface area contributed by atoms with Gasteiger partial charge >= 0.3 is 0 Å². The Labute approximate surface area is 243 Å². The van der Waals surface area contributed by atoms with Gasteiger partial charge in [0.05, 0.1) is 27.0 Å². The van der Waals surface area contributed by atoms with E-state index in [4.69, 9.17) is 58.0 Å². The topological polar surface area (TPSA) is 86.8 Å². The molecule has 1 atom stereocenters. The molecule has 13 heteroatoms. The van der Waals surface area contributed by atoms with E-state index in [1.807, 2.05) is 6.92 Å². The second kappa shape index (κ2) is 14.1. The zero-order valence-electron chi connectivity index (χ0n) is 20.5. The number of halogens is 5. The monoisotopic (exact) mass is 629 g/mol. The lowest BCUT2D eigenvalue weighted by molar-refractivity contribution is -0.140. The lowest BCUT2D eigenvalue weighted by atomic mass is 10.1. The van der Waals surface area contributed by atoms with Crippen LogP contribution in [-0.2, 0) is 26.2 Å². The van der Waals surface area contributed by atoms with Crippen molar-refractivity contribution in [2.45, 2.75) is 45.7 Å². The van der Waals surface area contributed by atoms with Gasteiger partial charge in [-0.25, -0.2) is 8.42 Å². The molecule has 0 fully saturated rings. The normalized spacial score (nSPS) is 12.2. The number of sulfonamides is 1. The smallest absolute Gasteiger partial charge is 0.244 e. The van der Waals surface area contributed by atoms with Crippen molar-refractivity contribution < 1.29 is 18.0 Å². The summed E-state index contributed by atoms with van der Waals surface area (Å²) in [7, 11) is -4.00. The number of anilines is 1. The average Bonchev–Trinajstić information content (AvgIpc) is 2.80. The van der Waals surface area contributed by atoms with E-state index in [1.54, 1.807) is 19.1 Å². The number of rotatable bonds is 12. The van der Waals surface area contributed by atoms with Crippen LogP contribution in [0.3, 0.4) is 0 Å². The van der Waals surface area contributed by atoms with Crippen LogP contribution in [0.15, 0.2) is 30.3 Å². The van der Waals surface area contributed by atoms with Gasteiger partial charge in [-0.2, -0.15) is 0 Å². The van der Waals surface area contributed by atoms with Gasteiger partial charge < -0.3 is 10.2 Å². The molecule has 7 nitrogen and oxygen atoms in total. The predicted octanol–water partition coefficient (Wildman–Crippen LogP) is 6.44. The van der Waals surface area contributed by atoms with Crippen LogP contribution in [0.4, 0.5) is 5.69 Å². The zero-order chi connectivity index (χ0) is 27.9. The molecule has 37 heavy (non-hydrogen) atoms. The molecule has 0 radical (unpaired) electrons. The second-order valence-corrected chi connectivity index (χ2v) is 12.3. The highest BCUT2D eigenvalue weighted by Crippen LogP contribution is 2.36. The van der Waals surface area contributed by atoms with E-state index < -0.39 is 28.5 Å². The summed E-state index contributed by atoms with van der Waals surface area (Å²) in [4.78, 5) is 28.1. The maximum Gasteiger partial charge on any atom is 0.244 e. The fourth-order valence-electron chi connectivity index (χ4n) is 3.56. The van der Waals surface area contributed by atoms with Gasteiger partial charge in [-0.05, 0) is 42.7 Å². The van der Waals surface area contributed by atoms with Crippen LogP contribution < -0.4 is 9.62 Å². The summed E-state index contributed by atoms with van der Waals surface area (Å²) in [6.45, 7) is 3.51. The molecule has 0 spiro atoms. The Kier molecular flexibility index (Phi) is 12.1. The molecule has 0 saturated carbocycles. The molecule has 0 aromatic heterocycles. The van der Waals surface area contributed by atoms with Crippen molar-refractivity contribution in [2.75, 3.05) is 23.7 Å². The van der Waals surface area contributed by atoms with Crippen LogP contribution in [0, 0.1) is 0 Å². The summed E-state index contributed by atoms with van der Waals surface area (Å²) in [5, 5.41) is 3.74. The minimum Gasteiger partial charge on any atom is -0.354 e. The van der Waals surface area contributed by atoms with Gasteiger partial charge in [0.2, 0.25) is 21.8 Å². The van der Waals surface area contributed by atoms with Gasteiger partial charge in [0.15, 0.2) is 0 Å². The Morgan fingerprint density at radius 1 is 0.946 bits per heavy atom. The molecule has 2 rings (SSSR count). The molecule has 0 aliphatic heterocycles. The lowest BCUT2D eigenvalue weighted by Crippen LogP contribution is -2.52. The number of carbonyl (C=O) groups excluding carboxylic acids is 2. The van der Waals surface area contributed by atoms with E-state index in [1.165, 1.54) is 23.1 Å². The minimum atomic E-state index is -4.00. The van der Waals surface area contributed by atoms with Gasteiger partial charge in [0, 0.05) is 23.1 Å². The summed E-state index contributed by atoms with van der Waals surface area (Å²) in [5.74, 6) is -0.996. The first-order valence-corrected chi connectivity index (χ1v) is 15.2. The highest BCUT2D eigenvalue weighted by Gasteiger charge is 2.32. The van der Waals surface area contributed by atoms with Crippen LogP contribution in [-0.4, -0.2) is 50.5 Å². The summed E-state index contributed by atoms with van der Waals surface area (Å²) in [5.41, 5.74) is 0.523.